The molecule has 166 valence electrons. The van der Waals surface area contributed by atoms with E-state index in [2.05, 4.69) is 56.3 Å². The van der Waals surface area contributed by atoms with Crippen LogP contribution in [0, 0.1) is 5.41 Å². The van der Waals surface area contributed by atoms with Gasteiger partial charge in [0.1, 0.15) is 0 Å². The lowest BCUT2D eigenvalue weighted by molar-refractivity contribution is -0.133. The molecule has 1 N–H and O–H groups in total. The molecule has 1 amide bonds. The van der Waals surface area contributed by atoms with Crippen LogP contribution in [0.15, 0.2) is 54.6 Å². The number of hydrogen-bond donors (Lipinski definition) is 1. The highest BCUT2D eigenvalue weighted by Gasteiger charge is 2.43. The van der Waals surface area contributed by atoms with Crippen molar-refractivity contribution in [2.24, 2.45) is 5.41 Å². The molecule has 5 nitrogen and oxygen atoms in total. The second kappa shape index (κ2) is 9.23. The van der Waals surface area contributed by atoms with E-state index in [9.17, 15) is 14.7 Å². The zero-order valence-electron chi connectivity index (χ0n) is 19.1. The van der Waals surface area contributed by atoms with E-state index in [1.165, 1.54) is 5.56 Å². The third-order valence-corrected chi connectivity index (χ3v) is 7.11. The Hall–Kier alpha value is -2.66. The number of amides is 1. The minimum absolute atomic E-state index is 0.0101. The zero-order valence-corrected chi connectivity index (χ0v) is 19.1. The van der Waals surface area contributed by atoms with Crippen LogP contribution in [0.4, 0.5) is 0 Å². The lowest BCUT2D eigenvalue weighted by atomic mass is 9.64. The van der Waals surface area contributed by atoms with Crippen molar-refractivity contribution in [3.05, 3.63) is 71.3 Å². The lowest BCUT2D eigenvalue weighted by Crippen LogP contribution is -2.47. The van der Waals surface area contributed by atoms with Crippen LogP contribution in [-0.2, 0) is 16.9 Å². The SMILES string of the molecule is CN(Cc1ccccc1C(=O)O)C(=O)CC1(C)CCC(c2ccccc2)(N(C)C)CC1. The number of aromatic carboxylic acids is 1. The van der Waals surface area contributed by atoms with Crippen molar-refractivity contribution >= 4 is 11.9 Å². The van der Waals surface area contributed by atoms with E-state index in [1.54, 1.807) is 30.1 Å². The summed E-state index contributed by atoms with van der Waals surface area (Å²) in [5.74, 6) is -0.892. The summed E-state index contributed by atoms with van der Waals surface area (Å²) < 4.78 is 0. The summed E-state index contributed by atoms with van der Waals surface area (Å²) in [6.45, 7) is 2.53. The van der Waals surface area contributed by atoms with Gasteiger partial charge in [-0.15, -0.1) is 0 Å². The van der Waals surface area contributed by atoms with Crippen molar-refractivity contribution in [2.45, 2.75) is 51.1 Å². The van der Waals surface area contributed by atoms with E-state index < -0.39 is 5.97 Å². The first kappa shape index (κ1) is 23.0. The normalized spacial score (nSPS) is 23.5. The van der Waals surface area contributed by atoms with Crippen molar-refractivity contribution in [1.29, 1.82) is 0 Å². The maximum absolute atomic E-state index is 13.0. The zero-order chi connectivity index (χ0) is 22.6. The fourth-order valence-electron chi connectivity index (χ4n) is 4.90. The van der Waals surface area contributed by atoms with Crippen LogP contribution in [-0.4, -0.2) is 47.9 Å². The molecule has 2 aromatic rings. The van der Waals surface area contributed by atoms with Crippen LogP contribution in [0.3, 0.4) is 0 Å². The third-order valence-electron chi connectivity index (χ3n) is 7.11. The summed E-state index contributed by atoms with van der Waals surface area (Å²) >= 11 is 0. The number of carboxylic acids is 1. The molecule has 1 aliphatic carbocycles. The topological polar surface area (TPSA) is 60.9 Å². The molecule has 0 unspecified atom stereocenters. The number of nitrogens with zero attached hydrogens (tertiary/aromatic N) is 2. The smallest absolute Gasteiger partial charge is 0.336 e. The summed E-state index contributed by atoms with van der Waals surface area (Å²) in [5, 5.41) is 9.40. The van der Waals surface area contributed by atoms with Gasteiger partial charge in [-0.2, -0.15) is 0 Å². The van der Waals surface area contributed by atoms with E-state index in [-0.39, 0.29) is 22.4 Å². The van der Waals surface area contributed by atoms with Gasteiger partial charge in [0.15, 0.2) is 0 Å². The fraction of sp³-hybridized carbons (Fsp3) is 0.462. The minimum atomic E-state index is -0.961. The second-order valence-corrected chi connectivity index (χ2v) is 9.49. The molecule has 0 saturated heterocycles. The maximum Gasteiger partial charge on any atom is 0.336 e. The first-order valence-electron chi connectivity index (χ1n) is 10.9. The Morgan fingerprint density at radius 3 is 2.06 bits per heavy atom. The molecule has 0 aromatic heterocycles. The molecule has 5 heteroatoms. The molecular formula is C26H34N2O3. The largest absolute Gasteiger partial charge is 0.478 e. The highest BCUT2D eigenvalue weighted by molar-refractivity contribution is 5.89. The quantitative estimate of drug-likeness (QED) is 0.698. The standard InChI is InChI=1S/C26H34N2O3/c1-25(14-16-26(17-15-25,27(2)3)21-11-6-5-7-12-21)18-23(29)28(4)19-20-10-8-9-13-22(20)24(30)31/h5-13H,14-19H2,1-4H3,(H,30,31). The molecule has 2 aromatic carbocycles. The minimum Gasteiger partial charge on any atom is -0.478 e. The van der Waals surface area contributed by atoms with Gasteiger partial charge in [-0.1, -0.05) is 55.5 Å². The third kappa shape index (κ3) is 4.99. The van der Waals surface area contributed by atoms with E-state index in [4.69, 9.17) is 0 Å². The summed E-state index contributed by atoms with van der Waals surface area (Å²) in [6.07, 6.45) is 4.46. The van der Waals surface area contributed by atoms with Crippen LogP contribution >= 0.6 is 0 Å². The summed E-state index contributed by atoms with van der Waals surface area (Å²) in [6, 6.07) is 17.6. The van der Waals surface area contributed by atoms with Crippen LogP contribution < -0.4 is 0 Å². The average molecular weight is 423 g/mol. The van der Waals surface area contributed by atoms with Crippen molar-refractivity contribution in [1.82, 2.24) is 9.80 Å². The Bertz CT molecular complexity index is 915. The Morgan fingerprint density at radius 1 is 0.903 bits per heavy atom. The molecule has 0 heterocycles. The second-order valence-electron chi connectivity index (χ2n) is 9.49. The van der Waals surface area contributed by atoms with Gasteiger partial charge in [0, 0.05) is 25.6 Å². The van der Waals surface area contributed by atoms with Gasteiger partial charge >= 0.3 is 5.97 Å². The van der Waals surface area contributed by atoms with E-state index in [0.29, 0.717) is 18.5 Å². The highest BCUT2D eigenvalue weighted by Crippen LogP contribution is 2.49. The van der Waals surface area contributed by atoms with Gasteiger partial charge in [-0.3, -0.25) is 9.69 Å². The van der Waals surface area contributed by atoms with E-state index >= 15 is 0 Å². The molecule has 0 atom stereocenters. The van der Waals surface area contributed by atoms with Gasteiger partial charge < -0.3 is 10.0 Å². The molecule has 1 saturated carbocycles. The van der Waals surface area contributed by atoms with Crippen molar-refractivity contribution in [3.63, 3.8) is 0 Å². The summed E-state index contributed by atoms with van der Waals surface area (Å²) in [4.78, 5) is 28.5. The molecule has 1 fully saturated rings. The molecule has 0 bridgehead atoms. The Kier molecular flexibility index (Phi) is 6.85. The molecule has 0 aliphatic heterocycles. The summed E-state index contributed by atoms with van der Waals surface area (Å²) in [7, 11) is 6.06. The van der Waals surface area contributed by atoms with Crippen molar-refractivity contribution < 1.29 is 14.7 Å². The maximum atomic E-state index is 13.0. The Morgan fingerprint density at radius 2 is 1.48 bits per heavy atom. The monoisotopic (exact) mass is 422 g/mol. The van der Waals surface area contributed by atoms with Gasteiger partial charge in [0.2, 0.25) is 5.91 Å². The highest BCUT2D eigenvalue weighted by atomic mass is 16.4. The van der Waals surface area contributed by atoms with E-state index in [0.717, 1.165) is 25.7 Å². The van der Waals surface area contributed by atoms with Gasteiger partial charge in [-0.05, 0) is 62.4 Å². The summed E-state index contributed by atoms with van der Waals surface area (Å²) in [5.41, 5.74) is 2.22. The first-order valence-corrected chi connectivity index (χ1v) is 10.9. The predicted molar refractivity (Wildman–Crippen MR) is 123 cm³/mol. The van der Waals surface area contributed by atoms with E-state index in [1.807, 2.05) is 6.07 Å². The van der Waals surface area contributed by atoms with Gasteiger partial charge in [-0.25, -0.2) is 4.79 Å². The number of benzene rings is 2. The number of rotatable bonds is 7. The van der Waals surface area contributed by atoms with Crippen LogP contribution in [0.2, 0.25) is 0 Å². The van der Waals surface area contributed by atoms with Crippen LogP contribution in [0.1, 0.15) is 60.5 Å². The Balaban J connectivity index is 1.67. The Labute approximate surface area is 185 Å². The molecular weight excluding hydrogens is 388 g/mol. The molecule has 1 aliphatic rings. The molecule has 0 spiro atoms. The molecule has 0 radical (unpaired) electrons. The van der Waals surface area contributed by atoms with Gasteiger partial charge in [0.25, 0.3) is 0 Å². The van der Waals surface area contributed by atoms with Crippen molar-refractivity contribution in [3.8, 4) is 0 Å². The number of hydrogen-bond acceptors (Lipinski definition) is 3. The number of carbonyl (C=O) groups excluding carboxylic acids is 1. The van der Waals surface area contributed by atoms with Crippen molar-refractivity contribution in [2.75, 3.05) is 21.1 Å². The number of carbonyl (C=O) groups is 2. The molecule has 31 heavy (non-hydrogen) atoms. The molecule has 3 rings (SSSR count). The predicted octanol–water partition coefficient (Wildman–Crippen LogP) is 4.77. The lowest BCUT2D eigenvalue weighted by Gasteiger charge is -2.49. The van der Waals surface area contributed by atoms with Crippen LogP contribution in [0.5, 0.6) is 0 Å². The van der Waals surface area contributed by atoms with Gasteiger partial charge in [0.05, 0.1) is 5.56 Å². The number of carboxylic acid groups (broad SMARTS) is 1. The average Bonchev–Trinajstić information content (AvgIpc) is 2.75. The fourth-order valence-corrected chi connectivity index (χ4v) is 4.90. The first-order chi connectivity index (χ1) is 14.7. The van der Waals surface area contributed by atoms with Crippen LogP contribution in [0.25, 0.3) is 0 Å².